The van der Waals surface area contributed by atoms with Crippen molar-refractivity contribution in [3.05, 3.63) is 30.4 Å². The van der Waals surface area contributed by atoms with Crippen LogP contribution in [0.1, 0.15) is 18.7 Å². The fraction of sp³-hybridized carbons (Fsp3) is 0.556. The molecule has 0 bridgehead atoms. The molecule has 0 unspecified atom stereocenters. The Balaban J connectivity index is 1.51. The molecule has 0 atom stereocenters. The minimum Gasteiger partial charge on any atom is -0.383 e. The summed E-state index contributed by atoms with van der Waals surface area (Å²) < 4.78 is 10.4. The summed E-state index contributed by atoms with van der Waals surface area (Å²) in [6, 6.07) is 3.69. The largest absolute Gasteiger partial charge is 0.383 e. The van der Waals surface area contributed by atoms with Gasteiger partial charge in [0.25, 0.3) is 0 Å². The van der Waals surface area contributed by atoms with Crippen LogP contribution in [0.3, 0.4) is 0 Å². The zero-order valence-corrected chi connectivity index (χ0v) is 15.3. The second-order valence-electron chi connectivity index (χ2n) is 6.56. The van der Waals surface area contributed by atoms with E-state index in [0.717, 1.165) is 44.6 Å². The molecule has 3 heterocycles. The molecule has 140 valence electrons. The van der Waals surface area contributed by atoms with Gasteiger partial charge in [-0.25, -0.2) is 0 Å². The van der Waals surface area contributed by atoms with Crippen molar-refractivity contribution in [3.63, 3.8) is 0 Å². The van der Waals surface area contributed by atoms with Crippen molar-refractivity contribution in [2.24, 2.45) is 5.92 Å². The third-order valence-electron chi connectivity index (χ3n) is 4.68. The van der Waals surface area contributed by atoms with E-state index in [1.807, 2.05) is 12.1 Å². The molecular formula is C18H25N5O3. The molecule has 2 aromatic heterocycles. The fourth-order valence-electron chi connectivity index (χ4n) is 3.15. The van der Waals surface area contributed by atoms with Crippen LogP contribution in [0.15, 0.2) is 29.0 Å². The van der Waals surface area contributed by atoms with Crippen molar-refractivity contribution in [1.29, 1.82) is 0 Å². The minimum absolute atomic E-state index is 0.0551. The van der Waals surface area contributed by atoms with Crippen molar-refractivity contribution in [2.75, 3.05) is 40.4 Å². The summed E-state index contributed by atoms with van der Waals surface area (Å²) in [7, 11) is 3.50. The van der Waals surface area contributed by atoms with E-state index < -0.39 is 0 Å². The number of carbonyl (C=O) groups excluding carboxylic acids is 1. The number of likely N-dealkylation sites (tertiary alicyclic amines) is 1. The van der Waals surface area contributed by atoms with Gasteiger partial charge in [0.2, 0.25) is 17.6 Å². The standard InChI is InChI=1S/C18H25N5O3/c1-22(18(24)14-5-8-23(9-6-14)10-11-25-2)13-16-20-17(21-26-16)15-4-3-7-19-12-15/h3-4,7,12,14H,5-6,8-11,13H2,1-2H3. The number of piperidine rings is 1. The molecule has 1 amide bonds. The Morgan fingerprint density at radius 3 is 2.92 bits per heavy atom. The van der Waals surface area contributed by atoms with E-state index in [2.05, 4.69) is 20.0 Å². The highest BCUT2D eigenvalue weighted by Gasteiger charge is 2.27. The van der Waals surface area contributed by atoms with Crippen LogP contribution in [0, 0.1) is 5.92 Å². The number of aromatic nitrogens is 3. The first-order valence-corrected chi connectivity index (χ1v) is 8.86. The number of hydrogen-bond donors (Lipinski definition) is 0. The van der Waals surface area contributed by atoms with E-state index in [9.17, 15) is 4.79 Å². The Labute approximate surface area is 153 Å². The molecule has 8 nitrogen and oxygen atoms in total. The zero-order chi connectivity index (χ0) is 18.4. The molecule has 0 aliphatic carbocycles. The summed E-state index contributed by atoms with van der Waals surface area (Å²) in [4.78, 5) is 25.1. The molecule has 1 saturated heterocycles. The average Bonchev–Trinajstić information content (AvgIpc) is 3.15. The predicted octanol–water partition coefficient (Wildman–Crippen LogP) is 1.45. The molecule has 2 aromatic rings. The topological polar surface area (TPSA) is 84.6 Å². The quantitative estimate of drug-likeness (QED) is 0.740. The van der Waals surface area contributed by atoms with Gasteiger partial charge >= 0.3 is 0 Å². The van der Waals surface area contributed by atoms with Gasteiger partial charge in [0.05, 0.1) is 13.2 Å². The van der Waals surface area contributed by atoms with Gasteiger partial charge in [-0.05, 0) is 38.1 Å². The molecule has 0 radical (unpaired) electrons. The number of hydrogen-bond acceptors (Lipinski definition) is 7. The van der Waals surface area contributed by atoms with E-state index >= 15 is 0 Å². The molecule has 1 fully saturated rings. The molecule has 0 aromatic carbocycles. The van der Waals surface area contributed by atoms with Gasteiger partial charge in [-0.1, -0.05) is 5.16 Å². The lowest BCUT2D eigenvalue weighted by atomic mass is 9.95. The fourth-order valence-corrected chi connectivity index (χ4v) is 3.15. The number of methoxy groups -OCH3 is 1. The zero-order valence-electron chi connectivity index (χ0n) is 15.3. The maximum Gasteiger partial charge on any atom is 0.246 e. The van der Waals surface area contributed by atoms with Gasteiger partial charge in [0, 0.05) is 44.6 Å². The molecule has 3 rings (SSSR count). The first-order chi connectivity index (χ1) is 12.7. The molecule has 26 heavy (non-hydrogen) atoms. The van der Waals surface area contributed by atoms with Gasteiger partial charge in [0.1, 0.15) is 0 Å². The van der Waals surface area contributed by atoms with E-state index in [0.29, 0.717) is 18.3 Å². The van der Waals surface area contributed by atoms with Crippen molar-refractivity contribution < 1.29 is 14.1 Å². The highest BCUT2D eigenvalue weighted by molar-refractivity contribution is 5.78. The van der Waals surface area contributed by atoms with Gasteiger partial charge in [-0.2, -0.15) is 4.98 Å². The van der Waals surface area contributed by atoms with Gasteiger partial charge < -0.3 is 19.1 Å². The van der Waals surface area contributed by atoms with Crippen molar-refractivity contribution in [2.45, 2.75) is 19.4 Å². The lowest BCUT2D eigenvalue weighted by Crippen LogP contribution is -2.42. The smallest absolute Gasteiger partial charge is 0.246 e. The predicted molar refractivity (Wildman–Crippen MR) is 95.0 cm³/mol. The van der Waals surface area contributed by atoms with Crippen LogP contribution in [0.2, 0.25) is 0 Å². The number of rotatable bonds is 7. The highest BCUT2D eigenvalue weighted by atomic mass is 16.5. The van der Waals surface area contributed by atoms with E-state index in [1.165, 1.54) is 0 Å². The lowest BCUT2D eigenvalue weighted by molar-refractivity contribution is -0.136. The Bertz CT molecular complexity index is 698. The maximum absolute atomic E-state index is 12.7. The third-order valence-corrected chi connectivity index (χ3v) is 4.68. The van der Waals surface area contributed by atoms with Crippen LogP contribution in [-0.4, -0.2) is 71.2 Å². The Morgan fingerprint density at radius 2 is 2.23 bits per heavy atom. The van der Waals surface area contributed by atoms with Gasteiger partial charge in [-0.15, -0.1) is 0 Å². The van der Waals surface area contributed by atoms with Crippen LogP contribution < -0.4 is 0 Å². The van der Waals surface area contributed by atoms with E-state index in [-0.39, 0.29) is 11.8 Å². The second-order valence-corrected chi connectivity index (χ2v) is 6.56. The molecule has 1 aliphatic heterocycles. The number of ether oxygens (including phenoxy) is 1. The maximum atomic E-state index is 12.7. The number of pyridine rings is 1. The molecule has 0 spiro atoms. The number of amides is 1. The van der Waals surface area contributed by atoms with Crippen LogP contribution in [-0.2, 0) is 16.1 Å². The summed E-state index contributed by atoms with van der Waals surface area (Å²) in [6.45, 7) is 3.83. The summed E-state index contributed by atoms with van der Waals surface area (Å²) in [5.74, 6) is 1.11. The summed E-state index contributed by atoms with van der Waals surface area (Å²) in [6.07, 6.45) is 5.12. The monoisotopic (exact) mass is 359 g/mol. The Hall–Kier alpha value is -2.32. The molecular weight excluding hydrogens is 334 g/mol. The van der Waals surface area contributed by atoms with Crippen LogP contribution in [0.25, 0.3) is 11.4 Å². The van der Waals surface area contributed by atoms with Crippen LogP contribution >= 0.6 is 0 Å². The van der Waals surface area contributed by atoms with Crippen molar-refractivity contribution in [3.8, 4) is 11.4 Å². The van der Waals surface area contributed by atoms with Crippen LogP contribution in [0.4, 0.5) is 0 Å². The van der Waals surface area contributed by atoms with Gasteiger partial charge in [0.15, 0.2) is 0 Å². The Kier molecular flexibility index (Phi) is 6.30. The summed E-state index contributed by atoms with van der Waals surface area (Å²) in [5, 5.41) is 3.97. The van der Waals surface area contributed by atoms with Crippen molar-refractivity contribution in [1.82, 2.24) is 24.9 Å². The highest BCUT2D eigenvalue weighted by Crippen LogP contribution is 2.20. The SMILES string of the molecule is COCCN1CCC(C(=O)N(C)Cc2nc(-c3cccnc3)no2)CC1. The summed E-state index contributed by atoms with van der Waals surface area (Å²) in [5.41, 5.74) is 0.792. The van der Waals surface area contributed by atoms with Gasteiger partial charge in [-0.3, -0.25) is 9.78 Å². The first-order valence-electron chi connectivity index (χ1n) is 8.86. The minimum atomic E-state index is 0.0551. The average molecular weight is 359 g/mol. The third kappa shape index (κ3) is 4.64. The van der Waals surface area contributed by atoms with E-state index in [1.54, 1.807) is 31.5 Å². The normalized spacial score (nSPS) is 15.9. The molecule has 1 aliphatic rings. The lowest BCUT2D eigenvalue weighted by Gasteiger charge is -2.32. The number of nitrogens with zero attached hydrogens (tertiary/aromatic N) is 5. The molecule has 0 saturated carbocycles. The Morgan fingerprint density at radius 1 is 1.42 bits per heavy atom. The second kappa shape index (κ2) is 8.86. The molecule has 0 N–H and O–H groups in total. The first kappa shape index (κ1) is 18.5. The summed E-state index contributed by atoms with van der Waals surface area (Å²) >= 11 is 0. The van der Waals surface area contributed by atoms with E-state index in [4.69, 9.17) is 9.26 Å². The van der Waals surface area contributed by atoms with Crippen molar-refractivity contribution >= 4 is 5.91 Å². The van der Waals surface area contributed by atoms with Crippen LogP contribution in [0.5, 0.6) is 0 Å². The molecule has 8 heteroatoms. The number of carbonyl (C=O) groups is 1.